The fourth-order valence-electron chi connectivity index (χ4n) is 2.34. The van der Waals surface area contributed by atoms with Gasteiger partial charge in [-0.2, -0.15) is 13.2 Å². The minimum absolute atomic E-state index is 0.0742. The van der Waals surface area contributed by atoms with Crippen molar-refractivity contribution in [1.82, 2.24) is 4.98 Å². The molecule has 0 radical (unpaired) electrons. The summed E-state index contributed by atoms with van der Waals surface area (Å²) >= 11 is 5.93. The van der Waals surface area contributed by atoms with Gasteiger partial charge in [-0.05, 0) is 25.3 Å². The lowest BCUT2D eigenvalue weighted by Crippen LogP contribution is -2.29. The van der Waals surface area contributed by atoms with E-state index in [9.17, 15) is 13.2 Å². The Balaban J connectivity index is 2.30. The first kappa shape index (κ1) is 13.5. The van der Waals surface area contributed by atoms with E-state index in [0.717, 1.165) is 38.1 Å². The zero-order valence-corrected chi connectivity index (χ0v) is 10.7. The summed E-state index contributed by atoms with van der Waals surface area (Å²) in [6.07, 6.45) is -0.539. The first-order valence-corrected chi connectivity index (χ1v) is 6.30. The van der Waals surface area contributed by atoms with Gasteiger partial charge in [0.2, 0.25) is 0 Å². The predicted molar refractivity (Wildman–Crippen MR) is 64.9 cm³/mol. The lowest BCUT2D eigenvalue weighted by molar-refractivity contribution is -0.137. The average Bonchev–Trinajstić information content (AvgIpc) is 2.75. The van der Waals surface area contributed by atoms with Gasteiger partial charge in [0.1, 0.15) is 5.82 Å². The highest BCUT2D eigenvalue weighted by molar-refractivity contribution is 6.33. The van der Waals surface area contributed by atoms with Crippen LogP contribution < -0.4 is 4.90 Å². The van der Waals surface area contributed by atoms with Gasteiger partial charge < -0.3 is 4.90 Å². The Morgan fingerprint density at radius 1 is 1.50 bits per heavy atom. The van der Waals surface area contributed by atoms with Crippen LogP contribution in [0.4, 0.5) is 19.0 Å². The summed E-state index contributed by atoms with van der Waals surface area (Å²) in [5.74, 6) is 0.467. The summed E-state index contributed by atoms with van der Waals surface area (Å²) < 4.78 is 37.5. The number of anilines is 1. The number of rotatable bonds is 2. The van der Waals surface area contributed by atoms with Crippen LogP contribution in [-0.4, -0.2) is 17.6 Å². The Morgan fingerprint density at radius 3 is 2.78 bits per heavy atom. The Bertz CT molecular complexity index is 434. The molecule has 0 amide bonds. The number of hydrogen-bond donors (Lipinski definition) is 0. The van der Waals surface area contributed by atoms with Gasteiger partial charge in [-0.15, -0.1) is 0 Å². The summed E-state index contributed by atoms with van der Waals surface area (Å²) in [6, 6.07) is 1.28. The van der Waals surface area contributed by atoms with Gasteiger partial charge in [0.05, 0.1) is 10.6 Å². The van der Waals surface area contributed by atoms with E-state index in [1.165, 1.54) is 0 Å². The van der Waals surface area contributed by atoms with E-state index in [0.29, 0.717) is 11.9 Å². The van der Waals surface area contributed by atoms with E-state index in [-0.39, 0.29) is 5.02 Å². The molecular weight excluding hydrogens is 265 g/mol. The summed E-state index contributed by atoms with van der Waals surface area (Å²) in [6.45, 7) is 2.86. The Hall–Kier alpha value is -0.970. The molecule has 1 aliphatic rings. The molecule has 2 nitrogen and oxygen atoms in total. The Morgan fingerprint density at radius 2 is 2.22 bits per heavy atom. The van der Waals surface area contributed by atoms with Crippen molar-refractivity contribution >= 4 is 17.4 Å². The van der Waals surface area contributed by atoms with Crippen LogP contribution in [0.25, 0.3) is 0 Å². The molecule has 0 N–H and O–H groups in total. The Labute approximate surface area is 109 Å². The van der Waals surface area contributed by atoms with Crippen LogP contribution in [0.15, 0.2) is 12.3 Å². The summed E-state index contributed by atoms with van der Waals surface area (Å²) in [4.78, 5) is 5.90. The number of halogens is 4. The normalized spacial score (nSPS) is 20.5. The first-order chi connectivity index (χ1) is 8.43. The van der Waals surface area contributed by atoms with E-state index in [4.69, 9.17) is 11.6 Å². The van der Waals surface area contributed by atoms with Gasteiger partial charge in [-0.1, -0.05) is 18.5 Å². The number of pyridine rings is 1. The third-order valence-corrected chi connectivity index (χ3v) is 3.55. The predicted octanol–water partition coefficient (Wildman–Crippen LogP) is 4.13. The maximum absolute atomic E-state index is 12.5. The van der Waals surface area contributed by atoms with E-state index >= 15 is 0 Å². The largest absolute Gasteiger partial charge is 0.417 e. The van der Waals surface area contributed by atoms with Crippen LogP contribution in [0.2, 0.25) is 5.02 Å². The molecule has 1 aromatic heterocycles. The fourth-order valence-corrected chi connectivity index (χ4v) is 2.61. The van der Waals surface area contributed by atoms with Gasteiger partial charge in [0, 0.05) is 18.8 Å². The average molecular weight is 279 g/mol. The van der Waals surface area contributed by atoms with Crippen molar-refractivity contribution in [2.24, 2.45) is 0 Å². The standard InChI is InChI=1S/C12H14ClF3N2/c1-2-9-4-3-5-18(9)11-10(13)6-8(7-17-11)12(14,15)16/h6-7,9H,2-5H2,1H3. The molecule has 0 aromatic carbocycles. The molecule has 2 rings (SSSR count). The van der Waals surface area contributed by atoms with Gasteiger partial charge in [0.15, 0.2) is 0 Å². The molecule has 18 heavy (non-hydrogen) atoms. The van der Waals surface area contributed by atoms with Crippen molar-refractivity contribution in [3.8, 4) is 0 Å². The second-order valence-corrected chi connectivity index (χ2v) is 4.83. The number of nitrogens with zero attached hydrogens (tertiary/aromatic N) is 2. The van der Waals surface area contributed by atoms with Crippen molar-refractivity contribution in [3.63, 3.8) is 0 Å². The van der Waals surface area contributed by atoms with Crippen molar-refractivity contribution < 1.29 is 13.2 Å². The van der Waals surface area contributed by atoms with Crippen LogP contribution in [-0.2, 0) is 6.18 Å². The third kappa shape index (κ3) is 2.55. The molecule has 100 valence electrons. The molecule has 0 spiro atoms. The number of aromatic nitrogens is 1. The molecule has 0 saturated carbocycles. The lowest BCUT2D eigenvalue weighted by Gasteiger charge is -2.25. The monoisotopic (exact) mass is 278 g/mol. The molecule has 0 aliphatic carbocycles. The first-order valence-electron chi connectivity index (χ1n) is 5.93. The number of hydrogen-bond acceptors (Lipinski definition) is 2. The summed E-state index contributed by atoms with van der Waals surface area (Å²) in [5.41, 5.74) is -0.802. The van der Waals surface area contributed by atoms with Crippen LogP contribution in [0.1, 0.15) is 31.7 Å². The topological polar surface area (TPSA) is 16.1 Å². The van der Waals surface area contributed by atoms with Crippen LogP contribution >= 0.6 is 11.6 Å². The lowest BCUT2D eigenvalue weighted by atomic mass is 10.1. The van der Waals surface area contributed by atoms with E-state index < -0.39 is 11.7 Å². The zero-order chi connectivity index (χ0) is 13.3. The maximum Gasteiger partial charge on any atom is 0.417 e. The minimum atomic E-state index is -4.40. The van der Waals surface area contributed by atoms with E-state index in [1.807, 2.05) is 4.90 Å². The molecule has 1 atom stereocenters. The summed E-state index contributed by atoms with van der Waals surface area (Å²) in [7, 11) is 0. The molecule has 1 saturated heterocycles. The highest BCUT2D eigenvalue weighted by Gasteiger charge is 2.33. The molecule has 1 unspecified atom stereocenters. The minimum Gasteiger partial charge on any atom is -0.352 e. The molecular formula is C12H14ClF3N2. The van der Waals surface area contributed by atoms with Crippen molar-refractivity contribution in [3.05, 3.63) is 22.8 Å². The number of alkyl halides is 3. The fraction of sp³-hybridized carbons (Fsp3) is 0.583. The molecule has 1 aliphatic heterocycles. The van der Waals surface area contributed by atoms with Crippen LogP contribution in [0, 0.1) is 0 Å². The molecule has 0 bridgehead atoms. The van der Waals surface area contributed by atoms with Crippen LogP contribution in [0.5, 0.6) is 0 Å². The SMILES string of the molecule is CCC1CCCN1c1ncc(C(F)(F)F)cc1Cl. The quantitative estimate of drug-likeness (QED) is 0.808. The van der Waals surface area contributed by atoms with Crippen molar-refractivity contribution in [2.45, 2.75) is 38.4 Å². The van der Waals surface area contributed by atoms with Gasteiger partial charge in [0.25, 0.3) is 0 Å². The highest BCUT2D eigenvalue weighted by Crippen LogP contribution is 2.36. The van der Waals surface area contributed by atoms with Gasteiger partial charge in [-0.25, -0.2) is 4.98 Å². The van der Waals surface area contributed by atoms with Crippen molar-refractivity contribution in [1.29, 1.82) is 0 Å². The molecule has 6 heteroatoms. The van der Waals surface area contributed by atoms with Gasteiger partial charge >= 0.3 is 6.18 Å². The molecule has 1 aromatic rings. The second kappa shape index (κ2) is 4.96. The smallest absolute Gasteiger partial charge is 0.352 e. The van der Waals surface area contributed by atoms with E-state index in [2.05, 4.69) is 11.9 Å². The highest BCUT2D eigenvalue weighted by atomic mass is 35.5. The summed E-state index contributed by atoms with van der Waals surface area (Å²) in [5, 5.41) is 0.0742. The zero-order valence-electron chi connectivity index (χ0n) is 9.97. The van der Waals surface area contributed by atoms with E-state index in [1.54, 1.807) is 0 Å². The maximum atomic E-state index is 12.5. The molecule has 2 heterocycles. The second-order valence-electron chi connectivity index (χ2n) is 4.42. The van der Waals surface area contributed by atoms with Crippen molar-refractivity contribution in [2.75, 3.05) is 11.4 Å². The van der Waals surface area contributed by atoms with Crippen LogP contribution in [0.3, 0.4) is 0 Å². The Kier molecular flexibility index (Phi) is 3.71. The van der Waals surface area contributed by atoms with Gasteiger partial charge in [-0.3, -0.25) is 0 Å². The third-order valence-electron chi connectivity index (χ3n) is 3.27. The molecule has 1 fully saturated rings.